The fourth-order valence-electron chi connectivity index (χ4n) is 3.54. The normalized spacial score (nSPS) is 11.8. The molecule has 1 aromatic heterocycles. The second-order valence-electron chi connectivity index (χ2n) is 7.41. The molecule has 1 N–H and O–H groups in total. The Morgan fingerprint density at radius 1 is 0.967 bits per heavy atom. The van der Waals surface area contributed by atoms with Crippen LogP contribution in [0, 0.1) is 6.92 Å². The first-order chi connectivity index (χ1) is 14.5. The Balaban J connectivity index is 1.76. The number of carbonyl (C=O) groups is 1. The van der Waals surface area contributed by atoms with Crippen molar-refractivity contribution in [3.8, 4) is 17.0 Å². The number of hydrogen-bond donors (Lipinski definition) is 1. The first-order valence-electron chi connectivity index (χ1n) is 9.97. The highest BCUT2D eigenvalue weighted by Crippen LogP contribution is 2.27. The number of nitrogens with one attached hydrogen (secondary N) is 1. The highest BCUT2D eigenvalue weighted by molar-refractivity contribution is 6.07. The Morgan fingerprint density at radius 3 is 2.40 bits per heavy atom. The maximum atomic E-state index is 13.3. The summed E-state index contributed by atoms with van der Waals surface area (Å²) in [7, 11) is 1.64. The molecule has 4 heteroatoms. The second kappa shape index (κ2) is 8.37. The summed E-state index contributed by atoms with van der Waals surface area (Å²) in [4.78, 5) is 18.1. The molecule has 0 spiro atoms. The maximum absolute atomic E-state index is 13.3. The van der Waals surface area contributed by atoms with Gasteiger partial charge in [0.2, 0.25) is 0 Å². The van der Waals surface area contributed by atoms with E-state index < -0.39 is 0 Å². The van der Waals surface area contributed by atoms with E-state index in [-0.39, 0.29) is 11.9 Å². The van der Waals surface area contributed by atoms with E-state index in [2.05, 4.69) is 5.32 Å². The van der Waals surface area contributed by atoms with Gasteiger partial charge in [-0.3, -0.25) is 4.79 Å². The fourth-order valence-corrected chi connectivity index (χ4v) is 3.54. The zero-order valence-corrected chi connectivity index (χ0v) is 17.3. The van der Waals surface area contributed by atoms with Gasteiger partial charge in [-0.05, 0) is 61.9 Å². The quantitative estimate of drug-likeness (QED) is 0.470. The average Bonchev–Trinajstić information content (AvgIpc) is 2.79. The van der Waals surface area contributed by atoms with E-state index >= 15 is 0 Å². The van der Waals surface area contributed by atoms with Crippen molar-refractivity contribution in [1.29, 1.82) is 0 Å². The van der Waals surface area contributed by atoms with Gasteiger partial charge in [0.25, 0.3) is 5.91 Å². The number of pyridine rings is 1. The number of ether oxygens (including phenoxy) is 1. The fraction of sp³-hybridized carbons (Fsp3) is 0.154. The number of hydrogen-bond acceptors (Lipinski definition) is 3. The van der Waals surface area contributed by atoms with Crippen LogP contribution >= 0.6 is 0 Å². The summed E-state index contributed by atoms with van der Waals surface area (Å²) in [5, 5.41) is 3.99. The molecule has 1 unspecified atom stereocenters. The number of aryl methyl sites for hydroxylation is 1. The molecule has 30 heavy (non-hydrogen) atoms. The number of methoxy groups -OCH3 is 1. The molecule has 4 nitrogen and oxygen atoms in total. The first kappa shape index (κ1) is 19.6. The molecular formula is C26H24N2O2. The largest absolute Gasteiger partial charge is 0.497 e. The number of carbonyl (C=O) groups excluding carboxylic acids is 1. The molecule has 0 fully saturated rings. The number of benzene rings is 3. The van der Waals surface area contributed by atoms with Gasteiger partial charge in [-0.15, -0.1) is 0 Å². The van der Waals surface area contributed by atoms with Crippen molar-refractivity contribution in [2.75, 3.05) is 7.11 Å². The van der Waals surface area contributed by atoms with E-state index in [9.17, 15) is 4.79 Å². The molecule has 0 bridgehead atoms. The third-order valence-electron chi connectivity index (χ3n) is 5.24. The summed E-state index contributed by atoms with van der Waals surface area (Å²) in [5.41, 5.74) is 5.26. The Morgan fingerprint density at radius 2 is 1.70 bits per heavy atom. The van der Waals surface area contributed by atoms with Crippen molar-refractivity contribution < 1.29 is 9.53 Å². The lowest BCUT2D eigenvalue weighted by atomic mass is 10.0. The highest BCUT2D eigenvalue weighted by atomic mass is 16.5. The van der Waals surface area contributed by atoms with Crippen LogP contribution in [0.4, 0.5) is 0 Å². The minimum atomic E-state index is -0.112. The Labute approximate surface area is 176 Å². The number of fused-ring (bicyclic) bond motifs is 1. The number of nitrogens with zero attached hydrogens (tertiary/aromatic N) is 1. The molecule has 0 aliphatic rings. The van der Waals surface area contributed by atoms with Crippen LogP contribution in [0.15, 0.2) is 78.9 Å². The van der Waals surface area contributed by atoms with Crippen LogP contribution in [0.3, 0.4) is 0 Å². The van der Waals surface area contributed by atoms with E-state index in [1.54, 1.807) is 7.11 Å². The average molecular weight is 396 g/mol. The van der Waals surface area contributed by atoms with E-state index in [0.717, 1.165) is 39.0 Å². The summed E-state index contributed by atoms with van der Waals surface area (Å²) in [5.74, 6) is 0.670. The molecule has 4 aromatic rings. The predicted octanol–water partition coefficient (Wildman–Crippen LogP) is 5.71. The second-order valence-corrected chi connectivity index (χ2v) is 7.41. The van der Waals surface area contributed by atoms with E-state index in [1.807, 2.05) is 92.7 Å². The molecule has 0 saturated carbocycles. The van der Waals surface area contributed by atoms with Crippen LogP contribution < -0.4 is 10.1 Å². The lowest BCUT2D eigenvalue weighted by molar-refractivity contribution is 0.0941. The molecule has 0 aliphatic heterocycles. The van der Waals surface area contributed by atoms with Crippen molar-refractivity contribution in [1.82, 2.24) is 10.3 Å². The van der Waals surface area contributed by atoms with E-state index in [0.29, 0.717) is 5.56 Å². The molecule has 4 rings (SSSR count). The molecule has 1 heterocycles. The Kier molecular flexibility index (Phi) is 5.48. The highest BCUT2D eigenvalue weighted by Gasteiger charge is 2.17. The van der Waals surface area contributed by atoms with Gasteiger partial charge >= 0.3 is 0 Å². The van der Waals surface area contributed by atoms with Gasteiger partial charge in [-0.25, -0.2) is 4.98 Å². The van der Waals surface area contributed by atoms with Gasteiger partial charge in [0.05, 0.1) is 29.9 Å². The van der Waals surface area contributed by atoms with E-state index in [1.165, 1.54) is 0 Å². The minimum Gasteiger partial charge on any atom is -0.497 e. The van der Waals surface area contributed by atoms with Crippen LogP contribution in [-0.4, -0.2) is 18.0 Å². The summed E-state index contributed by atoms with van der Waals surface area (Å²) in [6, 6.07) is 25.4. The van der Waals surface area contributed by atoms with Crippen molar-refractivity contribution >= 4 is 16.8 Å². The van der Waals surface area contributed by atoms with Crippen molar-refractivity contribution in [2.24, 2.45) is 0 Å². The van der Waals surface area contributed by atoms with Gasteiger partial charge < -0.3 is 10.1 Å². The summed E-state index contributed by atoms with van der Waals surface area (Å²) < 4.78 is 5.25. The van der Waals surface area contributed by atoms with Gasteiger partial charge in [-0.1, -0.05) is 42.0 Å². The molecule has 1 amide bonds. The Hall–Kier alpha value is -3.66. The van der Waals surface area contributed by atoms with Crippen LogP contribution in [0.5, 0.6) is 5.75 Å². The molecule has 0 radical (unpaired) electrons. The van der Waals surface area contributed by atoms with Crippen LogP contribution in [0.2, 0.25) is 0 Å². The van der Waals surface area contributed by atoms with Crippen LogP contribution in [0.25, 0.3) is 22.2 Å². The lowest BCUT2D eigenvalue weighted by Crippen LogP contribution is -2.27. The molecule has 150 valence electrons. The summed E-state index contributed by atoms with van der Waals surface area (Å²) in [6.07, 6.45) is 0. The van der Waals surface area contributed by atoms with E-state index in [4.69, 9.17) is 9.72 Å². The number of amides is 1. The lowest BCUT2D eigenvalue weighted by Gasteiger charge is -2.16. The smallest absolute Gasteiger partial charge is 0.252 e. The standard InChI is InChI=1S/C26H24N2O2/c1-17-9-14-24-22(15-17)23(26(29)27-18(2)19-7-5-4-6-8-19)16-25(28-24)20-10-12-21(30-3)13-11-20/h4-16,18H,1-3H3,(H,27,29). The topological polar surface area (TPSA) is 51.2 Å². The molecule has 1 atom stereocenters. The zero-order chi connectivity index (χ0) is 21.1. The van der Waals surface area contributed by atoms with Crippen LogP contribution in [0.1, 0.15) is 34.5 Å². The van der Waals surface area contributed by atoms with Gasteiger partial charge in [-0.2, -0.15) is 0 Å². The summed E-state index contributed by atoms with van der Waals surface area (Å²) in [6.45, 7) is 4.01. The monoisotopic (exact) mass is 396 g/mol. The molecular weight excluding hydrogens is 372 g/mol. The SMILES string of the molecule is COc1ccc(-c2cc(C(=O)NC(C)c3ccccc3)c3cc(C)ccc3n2)cc1. The molecule has 0 aliphatic carbocycles. The van der Waals surface area contributed by atoms with Crippen LogP contribution in [-0.2, 0) is 0 Å². The third kappa shape index (κ3) is 4.03. The minimum absolute atomic E-state index is 0.101. The zero-order valence-electron chi connectivity index (χ0n) is 17.3. The molecule has 0 saturated heterocycles. The Bertz CT molecular complexity index is 1190. The first-order valence-corrected chi connectivity index (χ1v) is 9.97. The van der Waals surface area contributed by atoms with Crippen molar-refractivity contribution in [3.05, 3.63) is 95.6 Å². The number of aromatic nitrogens is 1. The molecule has 3 aromatic carbocycles. The predicted molar refractivity (Wildman–Crippen MR) is 121 cm³/mol. The van der Waals surface area contributed by atoms with Crippen molar-refractivity contribution in [2.45, 2.75) is 19.9 Å². The van der Waals surface area contributed by atoms with Gasteiger partial charge in [0.15, 0.2) is 0 Å². The summed E-state index contributed by atoms with van der Waals surface area (Å²) >= 11 is 0. The third-order valence-corrected chi connectivity index (χ3v) is 5.24. The van der Waals surface area contributed by atoms with Gasteiger partial charge in [0, 0.05) is 10.9 Å². The maximum Gasteiger partial charge on any atom is 0.252 e. The van der Waals surface area contributed by atoms with Gasteiger partial charge in [0.1, 0.15) is 5.75 Å². The van der Waals surface area contributed by atoms with Crippen molar-refractivity contribution in [3.63, 3.8) is 0 Å². The number of rotatable bonds is 5.